The van der Waals surface area contributed by atoms with Gasteiger partial charge in [0.1, 0.15) is 0 Å². The minimum atomic E-state index is -0.649. The Hall–Kier alpha value is -1.99. The van der Waals surface area contributed by atoms with Gasteiger partial charge in [-0.2, -0.15) is 0 Å². The predicted octanol–water partition coefficient (Wildman–Crippen LogP) is 3.98. The minimum Gasteiger partial charge on any atom is -0.326 e. The minimum absolute atomic E-state index is 0.588. The van der Waals surface area contributed by atoms with Gasteiger partial charge in [-0.3, -0.25) is 9.59 Å². The van der Waals surface area contributed by atoms with Gasteiger partial charge in [0.15, 0.2) is 0 Å². The van der Waals surface area contributed by atoms with Gasteiger partial charge in [-0.15, -0.1) is 0 Å². The molecule has 0 atom stereocenters. The number of anilines is 1. The molecule has 1 aliphatic carbocycles. The summed E-state index contributed by atoms with van der Waals surface area (Å²) >= 11 is 4.94. The first-order chi connectivity index (χ1) is 11.6. The van der Waals surface area contributed by atoms with Gasteiger partial charge in [0.25, 0.3) is 0 Å². The number of halogens is 1. The number of H-pyrrole nitrogens is 2. The molecule has 1 aromatic heterocycles. The molecule has 0 amide bonds. The quantitative estimate of drug-likeness (QED) is 0.454. The molecule has 5 nitrogen and oxygen atoms in total. The van der Waals surface area contributed by atoms with Gasteiger partial charge in [-0.1, -0.05) is 12.1 Å². The Morgan fingerprint density at radius 3 is 2.25 bits per heavy atom. The zero-order valence-electron chi connectivity index (χ0n) is 12.6. The second-order valence-corrected chi connectivity index (χ2v) is 7.54. The highest BCUT2D eigenvalue weighted by atomic mass is 79.9. The zero-order valence-corrected chi connectivity index (χ0v) is 15.0. The number of benzene rings is 2. The molecule has 2 aromatic carbocycles. The van der Waals surface area contributed by atoms with Crippen LogP contribution in [0.25, 0.3) is 11.0 Å². The van der Waals surface area contributed by atoms with Crippen LogP contribution in [0.15, 0.2) is 55.4 Å². The largest absolute Gasteiger partial charge is 0.326 e. The van der Waals surface area contributed by atoms with Crippen molar-refractivity contribution >= 4 is 44.6 Å². The molecule has 0 saturated heterocycles. The number of rotatable bonds is 4. The van der Waals surface area contributed by atoms with Gasteiger partial charge in [-0.05, 0) is 76.5 Å². The maximum atomic E-state index is 11.5. The van der Waals surface area contributed by atoms with E-state index < -0.39 is 11.1 Å². The number of hydrogen-bond donors (Lipinski definition) is 3. The van der Waals surface area contributed by atoms with E-state index in [0.29, 0.717) is 11.0 Å². The lowest BCUT2D eigenvalue weighted by Gasteiger charge is -2.09. The third-order valence-corrected chi connectivity index (χ3v) is 5.83. The fraction of sp³-hybridized carbons (Fsp3) is 0.176. The maximum Gasteiger partial charge on any atom is 0.314 e. The highest BCUT2D eigenvalue weighted by Crippen LogP contribution is 2.40. The lowest BCUT2D eigenvalue weighted by Crippen LogP contribution is -2.28. The molecule has 3 aromatic rings. The molecule has 7 heteroatoms. The summed E-state index contributed by atoms with van der Waals surface area (Å²) in [4.78, 5) is 28.9. The summed E-state index contributed by atoms with van der Waals surface area (Å²) in [7, 11) is 0. The first-order valence-corrected chi connectivity index (χ1v) is 9.20. The van der Waals surface area contributed by atoms with Gasteiger partial charge in [-0.25, -0.2) is 0 Å². The van der Waals surface area contributed by atoms with Crippen molar-refractivity contribution in [1.29, 1.82) is 0 Å². The van der Waals surface area contributed by atoms with Gasteiger partial charge in [0, 0.05) is 15.1 Å². The summed E-state index contributed by atoms with van der Waals surface area (Å²) in [5.74, 6) is 0.750. The van der Waals surface area contributed by atoms with Crippen LogP contribution in [0.3, 0.4) is 0 Å². The van der Waals surface area contributed by atoms with Crippen molar-refractivity contribution in [3.05, 3.63) is 67.1 Å². The molecule has 0 unspecified atom stereocenters. The predicted molar refractivity (Wildman–Crippen MR) is 101 cm³/mol. The standard InChI is InChI=1S/C17H14BrN3O2S/c18-12-7-13-14(20-17(23)16(22)19-13)8-15(12)24-21-11-5-3-10(4-6-11)9-1-2-9/h3-9,21H,1-2H2,(H,19,22)(H,20,23). The van der Waals surface area contributed by atoms with Crippen molar-refractivity contribution in [2.45, 2.75) is 23.7 Å². The van der Waals surface area contributed by atoms with Crippen LogP contribution in [-0.4, -0.2) is 9.97 Å². The van der Waals surface area contributed by atoms with Crippen LogP contribution in [0.5, 0.6) is 0 Å². The summed E-state index contributed by atoms with van der Waals surface area (Å²) in [5.41, 5.74) is 2.30. The van der Waals surface area contributed by atoms with Crippen molar-refractivity contribution in [2.24, 2.45) is 0 Å². The van der Waals surface area contributed by atoms with Crippen LogP contribution in [-0.2, 0) is 0 Å². The average molecular weight is 404 g/mol. The van der Waals surface area contributed by atoms with Crippen LogP contribution < -0.4 is 15.8 Å². The van der Waals surface area contributed by atoms with Crippen LogP contribution in [0, 0.1) is 0 Å². The van der Waals surface area contributed by atoms with Gasteiger partial charge < -0.3 is 14.7 Å². The molecule has 1 saturated carbocycles. The number of aromatic amines is 2. The number of hydrogen-bond acceptors (Lipinski definition) is 4. The molecule has 1 heterocycles. The third-order valence-electron chi connectivity index (χ3n) is 4.01. The van der Waals surface area contributed by atoms with Crippen molar-refractivity contribution in [2.75, 3.05) is 4.72 Å². The summed E-state index contributed by atoms with van der Waals surface area (Å²) in [6, 6.07) is 12.1. The topological polar surface area (TPSA) is 77.8 Å². The highest BCUT2D eigenvalue weighted by Gasteiger charge is 2.22. The number of nitrogens with one attached hydrogen (secondary N) is 3. The second kappa shape index (κ2) is 6.14. The maximum absolute atomic E-state index is 11.5. The molecule has 0 spiro atoms. The Bertz CT molecular complexity index is 1020. The smallest absolute Gasteiger partial charge is 0.314 e. The Morgan fingerprint density at radius 2 is 1.62 bits per heavy atom. The molecule has 0 radical (unpaired) electrons. The van der Waals surface area contributed by atoms with Gasteiger partial charge in [0.05, 0.1) is 11.0 Å². The molecular weight excluding hydrogens is 390 g/mol. The van der Waals surface area contributed by atoms with E-state index in [2.05, 4.69) is 54.9 Å². The van der Waals surface area contributed by atoms with Gasteiger partial charge >= 0.3 is 11.1 Å². The second-order valence-electron chi connectivity index (χ2n) is 5.84. The molecule has 1 aliphatic rings. The molecule has 0 aliphatic heterocycles. The Labute approximate surface area is 150 Å². The lowest BCUT2D eigenvalue weighted by molar-refractivity contribution is 1.13. The van der Waals surface area contributed by atoms with Crippen LogP contribution in [0.2, 0.25) is 0 Å². The Kier molecular flexibility index (Phi) is 3.97. The Balaban J connectivity index is 1.57. The SMILES string of the molecule is O=c1[nH]c2cc(Br)c(SNc3ccc(C4CC4)cc3)cc2[nH]c1=O. The van der Waals surface area contributed by atoms with E-state index in [4.69, 9.17) is 0 Å². The highest BCUT2D eigenvalue weighted by molar-refractivity contribution is 9.10. The van der Waals surface area contributed by atoms with Crippen LogP contribution in [0.1, 0.15) is 24.3 Å². The zero-order chi connectivity index (χ0) is 16.7. The molecule has 4 rings (SSSR count). The van der Waals surface area contributed by atoms with E-state index in [1.807, 2.05) is 6.07 Å². The number of aromatic nitrogens is 2. The molecular formula is C17H14BrN3O2S. The first-order valence-electron chi connectivity index (χ1n) is 7.59. The van der Waals surface area contributed by atoms with Crippen LogP contribution >= 0.6 is 27.9 Å². The average Bonchev–Trinajstić information content (AvgIpc) is 3.40. The first kappa shape index (κ1) is 15.5. The van der Waals surface area contributed by atoms with E-state index in [9.17, 15) is 9.59 Å². The van der Waals surface area contributed by atoms with E-state index in [1.54, 1.807) is 6.07 Å². The summed E-state index contributed by atoms with van der Waals surface area (Å²) < 4.78 is 4.14. The van der Waals surface area contributed by atoms with E-state index >= 15 is 0 Å². The summed E-state index contributed by atoms with van der Waals surface area (Å²) in [6.07, 6.45) is 2.59. The van der Waals surface area contributed by atoms with Crippen molar-refractivity contribution < 1.29 is 0 Å². The molecule has 1 fully saturated rings. The molecule has 24 heavy (non-hydrogen) atoms. The third kappa shape index (κ3) is 3.14. The Morgan fingerprint density at radius 1 is 1.00 bits per heavy atom. The number of fused-ring (bicyclic) bond motifs is 1. The van der Waals surface area contributed by atoms with Crippen molar-refractivity contribution in [3.8, 4) is 0 Å². The van der Waals surface area contributed by atoms with E-state index in [0.717, 1.165) is 21.0 Å². The molecule has 3 N–H and O–H groups in total. The molecule has 122 valence electrons. The lowest BCUT2D eigenvalue weighted by atomic mass is 10.1. The van der Waals surface area contributed by atoms with Crippen molar-refractivity contribution in [3.63, 3.8) is 0 Å². The van der Waals surface area contributed by atoms with Crippen LogP contribution in [0.4, 0.5) is 5.69 Å². The van der Waals surface area contributed by atoms with Crippen molar-refractivity contribution in [1.82, 2.24) is 9.97 Å². The fourth-order valence-corrected chi connectivity index (χ4v) is 3.83. The summed E-state index contributed by atoms with van der Waals surface area (Å²) in [5, 5.41) is 0. The van der Waals surface area contributed by atoms with E-state index in [1.165, 1.54) is 30.4 Å². The molecule has 0 bridgehead atoms. The monoisotopic (exact) mass is 403 g/mol. The fourth-order valence-electron chi connectivity index (χ4n) is 2.55. The van der Waals surface area contributed by atoms with Gasteiger partial charge in [0.2, 0.25) is 0 Å². The normalized spacial score (nSPS) is 14.0. The van der Waals surface area contributed by atoms with E-state index in [-0.39, 0.29) is 0 Å². The summed E-state index contributed by atoms with van der Waals surface area (Å²) in [6.45, 7) is 0.